The summed E-state index contributed by atoms with van der Waals surface area (Å²) < 4.78 is 27.8. The van der Waals surface area contributed by atoms with Crippen LogP contribution in [0.2, 0.25) is 0 Å². The van der Waals surface area contributed by atoms with Crippen molar-refractivity contribution in [1.29, 1.82) is 0 Å². The Balaban J connectivity index is 1.90. The van der Waals surface area contributed by atoms with Crippen LogP contribution < -0.4 is 0 Å². The summed E-state index contributed by atoms with van der Waals surface area (Å²) in [5.74, 6) is -0.636. The molecule has 0 radical (unpaired) electrons. The Morgan fingerprint density at radius 3 is 2.45 bits per heavy atom. The molecule has 1 N–H and O–H groups in total. The summed E-state index contributed by atoms with van der Waals surface area (Å²) in [6, 6.07) is 10.3. The van der Waals surface area contributed by atoms with Crippen LogP contribution in [0.3, 0.4) is 0 Å². The zero-order chi connectivity index (χ0) is 15.3. The van der Waals surface area contributed by atoms with Gasteiger partial charge in [0, 0.05) is 0 Å². The van der Waals surface area contributed by atoms with Crippen LogP contribution >= 0.6 is 0 Å². The molecule has 0 spiro atoms. The molecule has 110 valence electrons. The smallest absolute Gasteiger partial charge is 0.222 e. The van der Waals surface area contributed by atoms with Crippen molar-refractivity contribution in [2.45, 2.75) is 12.8 Å². The lowest BCUT2D eigenvalue weighted by Gasteiger charge is -2.15. The van der Waals surface area contributed by atoms with Gasteiger partial charge in [0.1, 0.15) is 11.6 Å². The van der Waals surface area contributed by atoms with E-state index in [0.29, 0.717) is 24.1 Å². The van der Waals surface area contributed by atoms with Crippen molar-refractivity contribution < 1.29 is 13.9 Å². The van der Waals surface area contributed by atoms with Gasteiger partial charge in [0.25, 0.3) is 0 Å². The molecule has 5 heteroatoms. The van der Waals surface area contributed by atoms with E-state index in [4.69, 9.17) is 0 Å². The minimum Gasteiger partial charge on any atom is -0.493 e. The largest absolute Gasteiger partial charge is 0.493 e. The predicted molar refractivity (Wildman–Crippen MR) is 78.0 cm³/mol. The van der Waals surface area contributed by atoms with Crippen molar-refractivity contribution in [3.8, 4) is 22.7 Å². The Labute approximate surface area is 125 Å². The van der Waals surface area contributed by atoms with Crippen molar-refractivity contribution in [3.63, 3.8) is 0 Å². The van der Waals surface area contributed by atoms with Crippen LogP contribution in [0.15, 0.2) is 42.5 Å². The van der Waals surface area contributed by atoms with Crippen molar-refractivity contribution in [1.82, 2.24) is 9.78 Å². The highest BCUT2D eigenvalue weighted by Gasteiger charge is 2.25. The monoisotopic (exact) mass is 298 g/mol. The molecular weight excluding hydrogens is 286 g/mol. The normalized spacial score (nSPS) is 12.8. The number of hydrogen-bond donors (Lipinski definition) is 1. The van der Waals surface area contributed by atoms with Gasteiger partial charge in [0.05, 0.1) is 16.9 Å². The van der Waals surface area contributed by atoms with Gasteiger partial charge in [-0.25, -0.2) is 13.5 Å². The standard InChI is InChI=1S/C17H12F2N2O/c18-11-2-5-13(6-3-11)21-17(22)16-14-7-4-12(19)9-10(14)1-8-15(16)20-21/h2-7,9,22H,1,8H2. The van der Waals surface area contributed by atoms with Crippen LogP contribution in [0.5, 0.6) is 5.88 Å². The topological polar surface area (TPSA) is 38.1 Å². The van der Waals surface area contributed by atoms with Gasteiger partial charge >= 0.3 is 0 Å². The first-order valence-electron chi connectivity index (χ1n) is 6.99. The molecule has 3 aromatic rings. The van der Waals surface area contributed by atoms with Gasteiger partial charge in [-0.15, -0.1) is 0 Å². The third-order valence-corrected chi connectivity index (χ3v) is 3.97. The lowest BCUT2D eigenvalue weighted by molar-refractivity contribution is 0.435. The average Bonchev–Trinajstić information content (AvgIpc) is 2.85. The van der Waals surface area contributed by atoms with E-state index < -0.39 is 0 Å². The van der Waals surface area contributed by atoms with E-state index >= 15 is 0 Å². The summed E-state index contributed by atoms with van der Waals surface area (Å²) >= 11 is 0. The molecule has 0 amide bonds. The summed E-state index contributed by atoms with van der Waals surface area (Å²) in [5.41, 5.74) is 3.64. The van der Waals surface area contributed by atoms with E-state index in [1.54, 1.807) is 18.2 Å². The molecule has 0 saturated carbocycles. The first-order chi connectivity index (χ1) is 10.6. The predicted octanol–water partition coefficient (Wildman–Crippen LogP) is 3.62. The van der Waals surface area contributed by atoms with E-state index in [2.05, 4.69) is 5.10 Å². The molecule has 0 aliphatic heterocycles. The molecule has 1 heterocycles. The van der Waals surface area contributed by atoms with Crippen LogP contribution in [0.4, 0.5) is 8.78 Å². The summed E-state index contributed by atoms with van der Waals surface area (Å²) in [5, 5.41) is 14.9. The SMILES string of the molecule is Oc1c2c(nn1-c1ccc(F)cc1)CCc1cc(F)ccc1-2. The maximum atomic E-state index is 13.4. The molecular formula is C17H12F2N2O. The second-order valence-electron chi connectivity index (χ2n) is 5.33. The van der Waals surface area contributed by atoms with Gasteiger partial charge in [-0.3, -0.25) is 0 Å². The fraction of sp³-hybridized carbons (Fsp3) is 0.118. The lowest BCUT2D eigenvalue weighted by Crippen LogP contribution is -2.03. The molecule has 1 aromatic heterocycles. The molecule has 0 fully saturated rings. The van der Waals surface area contributed by atoms with Crippen LogP contribution in [-0.2, 0) is 12.8 Å². The maximum absolute atomic E-state index is 13.4. The third-order valence-electron chi connectivity index (χ3n) is 3.97. The summed E-state index contributed by atoms with van der Waals surface area (Å²) in [6.45, 7) is 0. The van der Waals surface area contributed by atoms with Crippen LogP contribution in [0, 0.1) is 11.6 Å². The first kappa shape index (κ1) is 13.0. The number of rotatable bonds is 1. The Morgan fingerprint density at radius 2 is 1.68 bits per heavy atom. The number of halogens is 2. The van der Waals surface area contributed by atoms with Gasteiger partial charge in [0.2, 0.25) is 5.88 Å². The number of benzene rings is 2. The van der Waals surface area contributed by atoms with E-state index in [0.717, 1.165) is 16.8 Å². The van der Waals surface area contributed by atoms with Gasteiger partial charge < -0.3 is 5.11 Å². The molecule has 4 rings (SSSR count). The second kappa shape index (κ2) is 4.66. The number of hydrogen-bond acceptors (Lipinski definition) is 2. The quantitative estimate of drug-likeness (QED) is 0.745. The van der Waals surface area contributed by atoms with Crippen LogP contribution in [-0.4, -0.2) is 14.9 Å². The molecule has 0 bridgehead atoms. The molecule has 2 aromatic carbocycles. The van der Waals surface area contributed by atoms with Crippen molar-refractivity contribution in [3.05, 3.63) is 65.4 Å². The van der Waals surface area contributed by atoms with Gasteiger partial charge in [-0.1, -0.05) is 6.07 Å². The van der Waals surface area contributed by atoms with Crippen molar-refractivity contribution >= 4 is 0 Å². The zero-order valence-corrected chi connectivity index (χ0v) is 11.6. The van der Waals surface area contributed by atoms with Crippen molar-refractivity contribution in [2.75, 3.05) is 0 Å². The number of aryl methyl sites for hydroxylation is 2. The van der Waals surface area contributed by atoms with Crippen molar-refractivity contribution in [2.24, 2.45) is 0 Å². The second-order valence-corrected chi connectivity index (χ2v) is 5.33. The highest BCUT2D eigenvalue weighted by Crippen LogP contribution is 2.40. The molecule has 1 aliphatic carbocycles. The number of aromatic nitrogens is 2. The van der Waals surface area contributed by atoms with Crippen LogP contribution in [0.25, 0.3) is 16.8 Å². The fourth-order valence-corrected chi connectivity index (χ4v) is 2.93. The average molecular weight is 298 g/mol. The van der Waals surface area contributed by atoms with Gasteiger partial charge in [-0.2, -0.15) is 5.10 Å². The van der Waals surface area contributed by atoms with E-state index in [1.807, 2.05) is 0 Å². The molecule has 0 atom stereocenters. The highest BCUT2D eigenvalue weighted by molar-refractivity contribution is 5.76. The minimum absolute atomic E-state index is 0.00540. The third kappa shape index (κ3) is 1.89. The number of aromatic hydroxyl groups is 1. The first-order valence-corrected chi connectivity index (χ1v) is 6.99. The lowest BCUT2D eigenvalue weighted by atomic mass is 9.89. The maximum Gasteiger partial charge on any atom is 0.222 e. The molecule has 0 unspecified atom stereocenters. The summed E-state index contributed by atoms with van der Waals surface area (Å²) in [7, 11) is 0. The Hall–Kier alpha value is -2.69. The Bertz CT molecular complexity index is 869. The summed E-state index contributed by atoms with van der Waals surface area (Å²) in [6.07, 6.45) is 1.31. The summed E-state index contributed by atoms with van der Waals surface area (Å²) in [4.78, 5) is 0. The van der Waals surface area contributed by atoms with Crippen LogP contribution in [0.1, 0.15) is 11.3 Å². The minimum atomic E-state index is -0.346. The molecule has 0 saturated heterocycles. The zero-order valence-electron chi connectivity index (χ0n) is 11.6. The Morgan fingerprint density at radius 1 is 0.955 bits per heavy atom. The number of fused-ring (bicyclic) bond motifs is 3. The Kier molecular flexibility index (Phi) is 2.76. The van der Waals surface area contributed by atoms with Gasteiger partial charge in [-0.05, 0) is 60.4 Å². The molecule has 22 heavy (non-hydrogen) atoms. The highest BCUT2D eigenvalue weighted by atomic mass is 19.1. The van der Waals surface area contributed by atoms with E-state index in [9.17, 15) is 13.9 Å². The van der Waals surface area contributed by atoms with E-state index in [1.165, 1.54) is 28.9 Å². The molecule has 1 aliphatic rings. The fourth-order valence-electron chi connectivity index (χ4n) is 2.93. The number of nitrogens with zero attached hydrogens (tertiary/aromatic N) is 2. The molecule has 3 nitrogen and oxygen atoms in total. The van der Waals surface area contributed by atoms with Gasteiger partial charge in [0.15, 0.2) is 0 Å². The van der Waals surface area contributed by atoms with E-state index in [-0.39, 0.29) is 17.5 Å².